The highest BCUT2D eigenvalue weighted by Gasteiger charge is 2.29. The van der Waals surface area contributed by atoms with E-state index in [4.69, 9.17) is 5.11 Å². The van der Waals surface area contributed by atoms with Crippen LogP contribution in [0.25, 0.3) is 0 Å². The van der Waals surface area contributed by atoms with Crippen LogP contribution in [0.3, 0.4) is 0 Å². The molecule has 0 aromatic carbocycles. The number of urea groups is 1. The van der Waals surface area contributed by atoms with Crippen molar-refractivity contribution in [2.45, 2.75) is 32.7 Å². The summed E-state index contributed by atoms with van der Waals surface area (Å²) < 4.78 is 0. The fourth-order valence-corrected chi connectivity index (χ4v) is 3.39. The number of carboxylic acids is 1. The second-order valence-corrected chi connectivity index (χ2v) is 6.44. The third-order valence-corrected chi connectivity index (χ3v) is 4.76. The fourth-order valence-electron chi connectivity index (χ4n) is 2.67. The van der Waals surface area contributed by atoms with Gasteiger partial charge in [-0.3, -0.25) is 4.79 Å². The first-order chi connectivity index (χ1) is 10.1. The summed E-state index contributed by atoms with van der Waals surface area (Å²) in [5.74, 6) is -0.432. The molecule has 1 N–H and O–H groups in total. The maximum atomic E-state index is 12.5. The minimum atomic E-state index is -0.757. The number of carbonyl (C=O) groups is 2. The lowest BCUT2D eigenvalue weighted by atomic mass is 10.0. The quantitative estimate of drug-likeness (QED) is 0.879. The van der Waals surface area contributed by atoms with Gasteiger partial charge in [-0.15, -0.1) is 11.3 Å². The summed E-state index contributed by atoms with van der Waals surface area (Å²) in [7, 11) is 0. The zero-order chi connectivity index (χ0) is 15.2. The Morgan fingerprint density at radius 2 is 2.33 bits per heavy atom. The average Bonchev–Trinajstić information content (AvgIpc) is 3.13. The molecule has 0 bridgehead atoms. The van der Waals surface area contributed by atoms with E-state index in [-0.39, 0.29) is 12.5 Å². The van der Waals surface area contributed by atoms with Gasteiger partial charge in [-0.05, 0) is 37.1 Å². The van der Waals surface area contributed by atoms with Crippen LogP contribution in [-0.4, -0.2) is 46.5 Å². The SMILES string of the molecule is CCN(Cc1cccs1)C(=O)N1CCC(CCC(=O)O)C1. The Hall–Kier alpha value is -1.56. The van der Waals surface area contributed by atoms with Crippen molar-refractivity contribution in [3.8, 4) is 0 Å². The highest BCUT2D eigenvalue weighted by atomic mass is 32.1. The zero-order valence-corrected chi connectivity index (χ0v) is 13.1. The molecule has 5 nitrogen and oxygen atoms in total. The van der Waals surface area contributed by atoms with Crippen LogP contribution in [0.5, 0.6) is 0 Å². The zero-order valence-electron chi connectivity index (χ0n) is 12.3. The number of amides is 2. The van der Waals surface area contributed by atoms with Crippen molar-refractivity contribution >= 4 is 23.3 Å². The van der Waals surface area contributed by atoms with Gasteiger partial charge in [-0.2, -0.15) is 0 Å². The van der Waals surface area contributed by atoms with E-state index in [1.807, 2.05) is 34.2 Å². The Morgan fingerprint density at radius 1 is 1.52 bits per heavy atom. The number of hydrogen-bond donors (Lipinski definition) is 1. The fraction of sp³-hybridized carbons (Fsp3) is 0.600. The smallest absolute Gasteiger partial charge is 0.320 e. The predicted octanol–water partition coefficient (Wildman–Crippen LogP) is 2.88. The van der Waals surface area contributed by atoms with E-state index >= 15 is 0 Å². The van der Waals surface area contributed by atoms with Crippen molar-refractivity contribution in [1.29, 1.82) is 0 Å². The van der Waals surface area contributed by atoms with Crippen molar-refractivity contribution in [3.63, 3.8) is 0 Å². The van der Waals surface area contributed by atoms with Crippen molar-refractivity contribution in [2.24, 2.45) is 5.92 Å². The maximum Gasteiger partial charge on any atom is 0.320 e. The molecule has 0 saturated carbocycles. The van der Waals surface area contributed by atoms with Gasteiger partial charge in [0, 0.05) is 30.9 Å². The number of carboxylic acid groups (broad SMARTS) is 1. The molecular formula is C15H22N2O3S. The van der Waals surface area contributed by atoms with Gasteiger partial charge < -0.3 is 14.9 Å². The standard InChI is InChI=1S/C15H22N2O3S/c1-2-16(11-13-4-3-9-21-13)15(20)17-8-7-12(10-17)5-6-14(18)19/h3-4,9,12H,2,5-8,10-11H2,1H3,(H,18,19). The molecule has 1 aliphatic heterocycles. The van der Waals surface area contributed by atoms with Crippen molar-refractivity contribution in [3.05, 3.63) is 22.4 Å². The molecule has 0 spiro atoms. The minimum Gasteiger partial charge on any atom is -0.481 e. The molecule has 116 valence electrons. The van der Waals surface area contributed by atoms with E-state index in [1.54, 1.807) is 11.3 Å². The first-order valence-corrected chi connectivity index (χ1v) is 8.26. The van der Waals surface area contributed by atoms with Crippen LogP contribution >= 0.6 is 11.3 Å². The van der Waals surface area contributed by atoms with E-state index in [9.17, 15) is 9.59 Å². The summed E-state index contributed by atoms with van der Waals surface area (Å²) >= 11 is 1.66. The largest absolute Gasteiger partial charge is 0.481 e. The molecule has 2 rings (SSSR count). The lowest BCUT2D eigenvalue weighted by Crippen LogP contribution is -2.41. The van der Waals surface area contributed by atoms with Crippen LogP contribution in [0.1, 0.15) is 31.1 Å². The van der Waals surface area contributed by atoms with E-state index < -0.39 is 5.97 Å². The molecule has 1 saturated heterocycles. The van der Waals surface area contributed by atoms with Gasteiger partial charge in [0.15, 0.2) is 0 Å². The number of thiophene rings is 1. The number of nitrogens with zero attached hydrogens (tertiary/aromatic N) is 2. The summed E-state index contributed by atoms with van der Waals surface area (Å²) in [5, 5.41) is 10.8. The molecule has 1 aromatic rings. The summed E-state index contributed by atoms with van der Waals surface area (Å²) in [6.45, 7) is 4.76. The molecule has 1 fully saturated rings. The highest BCUT2D eigenvalue weighted by molar-refractivity contribution is 7.09. The summed E-state index contributed by atoms with van der Waals surface area (Å²) in [5.41, 5.74) is 0. The number of likely N-dealkylation sites (tertiary alicyclic amines) is 1. The van der Waals surface area contributed by atoms with Crippen LogP contribution in [0.4, 0.5) is 4.79 Å². The Kier molecular flexibility index (Phi) is 5.61. The normalized spacial score (nSPS) is 18.0. The molecule has 1 aromatic heterocycles. The lowest BCUT2D eigenvalue weighted by Gasteiger charge is -2.26. The lowest BCUT2D eigenvalue weighted by molar-refractivity contribution is -0.137. The third kappa shape index (κ3) is 4.46. The van der Waals surface area contributed by atoms with Gasteiger partial charge in [0.25, 0.3) is 0 Å². The van der Waals surface area contributed by atoms with Gasteiger partial charge in [-0.25, -0.2) is 4.79 Å². The second kappa shape index (κ2) is 7.45. The van der Waals surface area contributed by atoms with E-state index in [2.05, 4.69) is 0 Å². The van der Waals surface area contributed by atoms with Crippen LogP contribution in [0, 0.1) is 5.92 Å². The van der Waals surface area contributed by atoms with Gasteiger partial charge in [0.1, 0.15) is 0 Å². The monoisotopic (exact) mass is 310 g/mol. The maximum absolute atomic E-state index is 12.5. The van der Waals surface area contributed by atoms with E-state index in [1.165, 1.54) is 4.88 Å². The molecule has 2 heterocycles. The summed E-state index contributed by atoms with van der Waals surface area (Å²) in [6, 6.07) is 4.11. The van der Waals surface area contributed by atoms with Crippen molar-refractivity contribution in [2.75, 3.05) is 19.6 Å². The molecule has 21 heavy (non-hydrogen) atoms. The second-order valence-electron chi connectivity index (χ2n) is 5.41. The average molecular weight is 310 g/mol. The molecule has 0 radical (unpaired) electrons. The number of carbonyl (C=O) groups excluding carboxylic acids is 1. The highest BCUT2D eigenvalue weighted by Crippen LogP contribution is 2.23. The predicted molar refractivity (Wildman–Crippen MR) is 82.3 cm³/mol. The Balaban J connectivity index is 1.85. The third-order valence-electron chi connectivity index (χ3n) is 3.90. The summed E-state index contributed by atoms with van der Waals surface area (Å²) in [4.78, 5) is 28.0. The van der Waals surface area contributed by atoms with Crippen LogP contribution in [0.2, 0.25) is 0 Å². The first-order valence-electron chi connectivity index (χ1n) is 7.38. The topological polar surface area (TPSA) is 60.9 Å². The van der Waals surface area contributed by atoms with Gasteiger partial charge >= 0.3 is 12.0 Å². The summed E-state index contributed by atoms with van der Waals surface area (Å²) in [6.07, 6.45) is 1.77. The number of rotatable bonds is 6. The Labute approximate surface area is 129 Å². The molecule has 2 amide bonds. The van der Waals surface area contributed by atoms with E-state index in [0.717, 1.165) is 13.0 Å². The first kappa shape index (κ1) is 15.8. The molecule has 1 aliphatic rings. The van der Waals surface area contributed by atoms with E-state index in [0.29, 0.717) is 32.0 Å². The number of hydrogen-bond acceptors (Lipinski definition) is 3. The van der Waals surface area contributed by atoms with Crippen LogP contribution in [-0.2, 0) is 11.3 Å². The van der Waals surface area contributed by atoms with Gasteiger partial charge in [-0.1, -0.05) is 6.07 Å². The molecular weight excluding hydrogens is 288 g/mol. The molecule has 1 atom stereocenters. The minimum absolute atomic E-state index is 0.0729. The van der Waals surface area contributed by atoms with Crippen molar-refractivity contribution < 1.29 is 14.7 Å². The molecule has 0 aliphatic carbocycles. The van der Waals surface area contributed by atoms with Gasteiger partial charge in [0.05, 0.1) is 6.54 Å². The van der Waals surface area contributed by atoms with Crippen molar-refractivity contribution in [1.82, 2.24) is 9.80 Å². The molecule has 6 heteroatoms. The van der Waals surface area contributed by atoms with Crippen LogP contribution < -0.4 is 0 Å². The Bertz CT molecular complexity index is 475. The van der Waals surface area contributed by atoms with Crippen LogP contribution in [0.15, 0.2) is 17.5 Å². The molecule has 1 unspecified atom stereocenters. The van der Waals surface area contributed by atoms with Gasteiger partial charge in [0.2, 0.25) is 0 Å². The Morgan fingerprint density at radius 3 is 2.95 bits per heavy atom. The number of aliphatic carboxylic acids is 1.